The number of benzene rings is 1. The number of carbonyl (C=O) groups is 1. The van der Waals surface area contributed by atoms with Crippen LogP contribution < -0.4 is 5.32 Å². The van der Waals surface area contributed by atoms with Crippen molar-refractivity contribution >= 4 is 5.91 Å². The molecule has 0 unspecified atom stereocenters. The van der Waals surface area contributed by atoms with E-state index in [1.807, 2.05) is 18.2 Å². The van der Waals surface area contributed by atoms with E-state index in [4.69, 9.17) is 4.74 Å². The first-order chi connectivity index (χ1) is 12.2. The third-order valence-electron chi connectivity index (χ3n) is 4.48. The fourth-order valence-corrected chi connectivity index (χ4v) is 3.24. The van der Waals surface area contributed by atoms with Crippen LogP contribution in [0.1, 0.15) is 28.9 Å². The number of halogens is 1. The van der Waals surface area contributed by atoms with E-state index in [1.165, 1.54) is 12.3 Å². The molecule has 2 aromatic rings. The smallest absolute Gasteiger partial charge is 0.254 e. The predicted molar refractivity (Wildman–Crippen MR) is 92.7 cm³/mol. The lowest BCUT2D eigenvalue weighted by Gasteiger charge is -2.41. The zero-order valence-corrected chi connectivity index (χ0v) is 14.2. The first-order valence-corrected chi connectivity index (χ1v) is 8.49. The number of hydrogen-bond donors (Lipinski definition) is 1. The van der Waals surface area contributed by atoms with Crippen LogP contribution in [0.4, 0.5) is 4.39 Å². The fourth-order valence-electron chi connectivity index (χ4n) is 3.24. The molecular weight excluding hydrogens is 321 g/mol. The van der Waals surface area contributed by atoms with Gasteiger partial charge in [0.25, 0.3) is 5.91 Å². The number of rotatable bonds is 5. The summed E-state index contributed by atoms with van der Waals surface area (Å²) in [4.78, 5) is 18.3. The molecule has 132 valence electrons. The van der Waals surface area contributed by atoms with E-state index in [0.717, 1.165) is 24.8 Å². The van der Waals surface area contributed by atoms with Gasteiger partial charge in [0.1, 0.15) is 0 Å². The summed E-state index contributed by atoms with van der Waals surface area (Å²) in [7, 11) is 0. The molecule has 1 N–H and O–H groups in total. The van der Waals surface area contributed by atoms with Gasteiger partial charge in [-0.25, -0.2) is 4.39 Å². The van der Waals surface area contributed by atoms with Crippen LogP contribution >= 0.6 is 0 Å². The van der Waals surface area contributed by atoms with Gasteiger partial charge >= 0.3 is 0 Å². The molecule has 1 aromatic heterocycles. The number of nitrogens with one attached hydrogen (secondary N) is 1. The SMILES string of the molecule is CCN1CCO[C@@H](CNC(=O)c2ccncc2F)[C@@H]1c1ccccc1. The highest BCUT2D eigenvalue weighted by atomic mass is 19.1. The van der Waals surface area contributed by atoms with E-state index in [1.54, 1.807) is 0 Å². The molecule has 0 bridgehead atoms. The molecule has 5 nitrogen and oxygen atoms in total. The minimum absolute atomic E-state index is 0.00517. The average Bonchev–Trinajstić information content (AvgIpc) is 2.66. The largest absolute Gasteiger partial charge is 0.373 e. The van der Waals surface area contributed by atoms with E-state index in [2.05, 4.69) is 34.3 Å². The molecule has 1 aliphatic rings. The summed E-state index contributed by atoms with van der Waals surface area (Å²) >= 11 is 0. The van der Waals surface area contributed by atoms with Crippen molar-refractivity contribution in [1.82, 2.24) is 15.2 Å². The molecule has 0 spiro atoms. The number of aromatic nitrogens is 1. The molecule has 0 aliphatic carbocycles. The van der Waals surface area contributed by atoms with Crippen molar-refractivity contribution in [3.05, 3.63) is 65.7 Å². The van der Waals surface area contributed by atoms with E-state index < -0.39 is 11.7 Å². The van der Waals surface area contributed by atoms with Gasteiger partial charge in [-0.1, -0.05) is 37.3 Å². The van der Waals surface area contributed by atoms with Crippen LogP contribution in [0.3, 0.4) is 0 Å². The maximum Gasteiger partial charge on any atom is 0.254 e. The van der Waals surface area contributed by atoms with Crippen molar-refractivity contribution in [2.75, 3.05) is 26.2 Å². The van der Waals surface area contributed by atoms with Crippen LogP contribution in [0, 0.1) is 5.82 Å². The van der Waals surface area contributed by atoms with E-state index in [-0.39, 0.29) is 17.7 Å². The van der Waals surface area contributed by atoms with Gasteiger partial charge in [-0.15, -0.1) is 0 Å². The molecule has 0 radical (unpaired) electrons. The number of likely N-dealkylation sites (N-methyl/N-ethyl adjacent to an activating group) is 1. The molecule has 1 fully saturated rings. The van der Waals surface area contributed by atoms with E-state index in [0.29, 0.717) is 13.2 Å². The highest BCUT2D eigenvalue weighted by Gasteiger charge is 2.33. The van der Waals surface area contributed by atoms with Gasteiger partial charge in [0.15, 0.2) is 5.82 Å². The van der Waals surface area contributed by atoms with Crippen molar-refractivity contribution in [1.29, 1.82) is 0 Å². The molecule has 0 saturated carbocycles. The van der Waals surface area contributed by atoms with Crippen LogP contribution in [-0.2, 0) is 4.74 Å². The van der Waals surface area contributed by atoms with Crippen molar-refractivity contribution in [3.8, 4) is 0 Å². The fraction of sp³-hybridized carbons (Fsp3) is 0.368. The molecule has 3 rings (SSSR count). The minimum atomic E-state index is -0.626. The number of carbonyl (C=O) groups excluding carboxylic acids is 1. The van der Waals surface area contributed by atoms with Gasteiger partial charge in [0.05, 0.1) is 30.5 Å². The molecule has 1 amide bonds. The topological polar surface area (TPSA) is 54.5 Å². The van der Waals surface area contributed by atoms with Crippen LogP contribution in [0.2, 0.25) is 0 Å². The Kier molecular flexibility index (Phi) is 5.73. The number of ether oxygens (including phenoxy) is 1. The van der Waals surface area contributed by atoms with Crippen LogP contribution in [0.5, 0.6) is 0 Å². The Morgan fingerprint density at radius 1 is 1.36 bits per heavy atom. The van der Waals surface area contributed by atoms with Gasteiger partial charge in [-0.2, -0.15) is 0 Å². The summed E-state index contributed by atoms with van der Waals surface area (Å²) in [5, 5.41) is 2.80. The monoisotopic (exact) mass is 343 g/mol. The molecule has 1 saturated heterocycles. The van der Waals surface area contributed by atoms with Crippen LogP contribution in [0.15, 0.2) is 48.8 Å². The lowest BCUT2D eigenvalue weighted by molar-refractivity contribution is -0.0685. The number of nitrogens with zero attached hydrogens (tertiary/aromatic N) is 2. The maximum atomic E-state index is 13.7. The molecule has 2 atom stereocenters. The van der Waals surface area contributed by atoms with Gasteiger partial charge in [-0.05, 0) is 18.2 Å². The standard InChI is InChI=1S/C19H22FN3O2/c1-2-23-10-11-25-17(18(23)14-6-4-3-5-7-14)13-22-19(24)15-8-9-21-12-16(15)20/h3-9,12,17-18H,2,10-11,13H2,1H3,(H,22,24)/t17-,18-/m0/s1. The third-order valence-corrected chi connectivity index (χ3v) is 4.48. The Hall–Kier alpha value is -2.31. The highest BCUT2D eigenvalue weighted by molar-refractivity contribution is 5.94. The summed E-state index contributed by atoms with van der Waals surface area (Å²) in [6.07, 6.45) is 2.25. The van der Waals surface area contributed by atoms with Gasteiger partial charge in [0, 0.05) is 19.3 Å². The Bertz CT molecular complexity index is 711. The molecule has 2 heterocycles. The Balaban J connectivity index is 1.73. The molecule has 1 aromatic carbocycles. The molecule has 25 heavy (non-hydrogen) atoms. The lowest BCUT2D eigenvalue weighted by Crippen LogP contribution is -2.49. The first kappa shape index (κ1) is 17.5. The van der Waals surface area contributed by atoms with Gasteiger partial charge in [0.2, 0.25) is 0 Å². The molecule has 6 heteroatoms. The summed E-state index contributed by atoms with van der Waals surface area (Å²) in [5.74, 6) is -1.08. The number of morpholine rings is 1. The quantitative estimate of drug-likeness (QED) is 0.906. The van der Waals surface area contributed by atoms with Crippen molar-refractivity contribution < 1.29 is 13.9 Å². The Morgan fingerprint density at radius 3 is 2.88 bits per heavy atom. The molecular formula is C19H22FN3O2. The number of amides is 1. The van der Waals surface area contributed by atoms with Crippen molar-refractivity contribution in [2.24, 2.45) is 0 Å². The minimum Gasteiger partial charge on any atom is -0.373 e. The van der Waals surface area contributed by atoms with E-state index >= 15 is 0 Å². The zero-order valence-electron chi connectivity index (χ0n) is 14.2. The second-order valence-corrected chi connectivity index (χ2v) is 5.96. The average molecular weight is 343 g/mol. The first-order valence-electron chi connectivity index (χ1n) is 8.49. The van der Waals surface area contributed by atoms with Gasteiger partial charge < -0.3 is 10.1 Å². The summed E-state index contributed by atoms with van der Waals surface area (Å²) < 4.78 is 19.6. The predicted octanol–water partition coefficient (Wildman–Crippen LogP) is 2.41. The second-order valence-electron chi connectivity index (χ2n) is 5.96. The summed E-state index contributed by atoms with van der Waals surface area (Å²) in [6, 6.07) is 11.5. The summed E-state index contributed by atoms with van der Waals surface area (Å²) in [5.41, 5.74) is 1.15. The van der Waals surface area contributed by atoms with Crippen molar-refractivity contribution in [2.45, 2.75) is 19.1 Å². The van der Waals surface area contributed by atoms with Gasteiger partial charge in [-0.3, -0.25) is 14.7 Å². The normalized spacial score (nSPS) is 21.0. The van der Waals surface area contributed by atoms with E-state index in [9.17, 15) is 9.18 Å². The number of hydrogen-bond acceptors (Lipinski definition) is 4. The second kappa shape index (κ2) is 8.18. The maximum absolute atomic E-state index is 13.7. The molecule has 1 aliphatic heterocycles. The number of pyridine rings is 1. The van der Waals surface area contributed by atoms with Crippen molar-refractivity contribution in [3.63, 3.8) is 0 Å². The lowest BCUT2D eigenvalue weighted by atomic mass is 9.97. The Morgan fingerprint density at radius 2 is 2.16 bits per heavy atom. The van der Waals surface area contributed by atoms with Crippen LogP contribution in [-0.4, -0.2) is 48.1 Å². The third kappa shape index (κ3) is 4.03. The zero-order chi connectivity index (χ0) is 17.6. The highest BCUT2D eigenvalue weighted by Crippen LogP contribution is 2.29. The Labute approximate surface area is 146 Å². The summed E-state index contributed by atoms with van der Waals surface area (Å²) in [6.45, 7) is 4.78. The van der Waals surface area contributed by atoms with Crippen LogP contribution in [0.25, 0.3) is 0 Å².